The number of nitrogens with one attached hydrogen (secondary N) is 1. The first-order valence-corrected chi connectivity index (χ1v) is 16.7. The molecule has 0 bridgehead atoms. The van der Waals surface area contributed by atoms with Gasteiger partial charge in [0.25, 0.3) is 0 Å². The van der Waals surface area contributed by atoms with E-state index in [1.807, 2.05) is 6.07 Å². The zero-order valence-electron chi connectivity index (χ0n) is 25.7. The number of hydrogen-bond acceptors (Lipinski definition) is 13. The van der Waals surface area contributed by atoms with Gasteiger partial charge in [0.05, 0.1) is 17.9 Å². The first-order chi connectivity index (χ1) is 22.7. The van der Waals surface area contributed by atoms with Crippen LogP contribution in [0.5, 0.6) is 11.5 Å². The van der Waals surface area contributed by atoms with E-state index in [2.05, 4.69) is 10.5 Å². The molecule has 18 heteroatoms. The maximum Gasteiger partial charge on any atom is 0.524 e. The fraction of sp³-hybridized carbons (Fsp3) is 0.467. The summed E-state index contributed by atoms with van der Waals surface area (Å²) in [6.45, 7) is 2.97. The van der Waals surface area contributed by atoms with Gasteiger partial charge < -0.3 is 54.1 Å². The van der Waals surface area contributed by atoms with Gasteiger partial charge in [-0.2, -0.15) is 0 Å². The largest absolute Gasteiger partial charge is 0.524 e. The fourth-order valence-electron chi connectivity index (χ4n) is 5.56. The van der Waals surface area contributed by atoms with Crippen molar-refractivity contribution in [3.63, 3.8) is 0 Å². The van der Waals surface area contributed by atoms with Crippen molar-refractivity contribution in [3.8, 4) is 11.5 Å². The molecule has 9 unspecified atom stereocenters. The van der Waals surface area contributed by atoms with E-state index in [1.54, 1.807) is 25.1 Å². The lowest BCUT2D eigenvalue weighted by atomic mass is 9.83. The number of rotatable bonds is 11. The zero-order valence-corrected chi connectivity index (χ0v) is 27.3. The summed E-state index contributed by atoms with van der Waals surface area (Å²) in [6.07, 6.45) is -7.91. The SMILES string of the molecule is CC(=Cc1ccc(OC2CC(O)C(C(C)=NOCc3cccc(Cl)c3)O2)c(OP(=O)(O)O)c1)C(=O)NC1C(O)C(O)C2OCOC2C1O. The molecule has 16 nitrogen and oxygen atoms in total. The van der Waals surface area contributed by atoms with Crippen LogP contribution in [0.1, 0.15) is 31.4 Å². The Labute approximate surface area is 279 Å². The standard InChI is InChI=1S/C30H36ClN2O14P/c1-14(30(38)32-23-24(35)26(37)29-28(25(23)36)42-13-43-29)8-16-6-7-20(21(10-16)47-48(39,40)41)45-22-11-19(34)27(46-22)15(2)33-44-12-17-4-3-5-18(31)9-17/h3-10,19,22-29,34-37H,11-13H2,1-2H3,(H,32,38)(H2,39,40,41). The molecule has 5 rings (SSSR count). The number of oxime groups is 1. The van der Waals surface area contributed by atoms with Crippen LogP contribution in [0.25, 0.3) is 6.08 Å². The van der Waals surface area contributed by atoms with Gasteiger partial charge in [-0.15, -0.1) is 0 Å². The highest BCUT2D eigenvalue weighted by Crippen LogP contribution is 2.43. The fourth-order valence-corrected chi connectivity index (χ4v) is 6.17. The first-order valence-electron chi connectivity index (χ1n) is 14.8. The lowest BCUT2D eigenvalue weighted by Gasteiger charge is -2.41. The molecule has 7 N–H and O–H groups in total. The molecule has 3 fully saturated rings. The van der Waals surface area contributed by atoms with Crippen LogP contribution in [-0.4, -0.2) is 104 Å². The van der Waals surface area contributed by atoms with Gasteiger partial charge in [0, 0.05) is 17.0 Å². The average Bonchev–Trinajstić information content (AvgIpc) is 3.66. The molecule has 2 aromatic carbocycles. The number of halogens is 1. The summed E-state index contributed by atoms with van der Waals surface area (Å²) in [4.78, 5) is 37.4. The van der Waals surface area contributed by atoms with Crippen LogP contribution < -0.4 is 14.6 Å². The molecule has 2 aliphatic heterocycles. The van der Waals surface area contributed by atoms with Crippen molar-refractivity contribution in [2.45, 2.75) is 81.9 Å². The minimum atomic E-state index is -5.08. The van der Waals surface area contributed by atoms with Crippen molar-refractivity contribution in [3.05, 3.63) is 64.2 Å². The summed E-state index contributed by atoms with van der Waals surface area (Å²) in [5.41, 5.74) is 1.45. The zero-order chi connectivity index (χ0) is 34.7. The monoisotopic (exact) mass is 714 g/mol. The number of ether oxygens (including phenoxy) is 4. The van der Waals surface area contributed by atoms with E-state index in [0.29, 0.717) is 10.7 Å². The van der Waals surface area contributed by atoms with Gasteiger partial charge in [-0.1, -0.05) is 35.0 Å². The van der Waals surface area contributed by atoms with Gasteiger partial charge in [-0.3, -0.25) is 14.6 Å². The Kier molecular flexibility index (Phi) is 11.4. The summed E-state index contributed by atoms with van der Waals surface area (Å²) < 4.78 is 38.7. The second-order valence-electron chi connectivity index (χ2n) is 11.5. The molecule has 0 aromatic heterocycles. The van der Waals surface area contributed by atoms with E-state index < -0.39 is 68.8 Å². The van der Waals surface area contributed by atoms with Crippen molar-refractivity contribution >= 4 is 37.1 Å². The van der Waals surface area contributed by atoms with E-state index in [4.69, 9.17) is 39.9 Å². The van der Waals surface area contributed by atoms with Crippen LogP contribution in [0.2, 0.25) is 5.02 Å². The number of amides is 1. The summed E-state index contributed by atoms with van der Waals surface area (Å²) in [5.74, 6) is -1.22. The molecular formula is C30H36ClN2O14P. The smallest absolute Gasteiger partial charge is 0.461 e. The molecule has 262 valence electrons. The van der Waals surface area contributed by atoms with E-state index >= 15 is 0 Å². The van der Waals surface area contributed by atoms with Gasteiger partial charge in [0.1, 0.15) is 50.0 Å². The molecule has 0 radical (unpaired) electrons. The van der Waals surface area contributed by atoms with Gasteiger partial charge in [0.2, 0.25) is 12.2 Å². The number of hydrogen-bond donors (Lipinski definition) is 7. The van der Waals surface area contributed by atoms with Crippen LogP contribution >= 0.6 is 19.4 Å². The number of aliphatic hydroxyl groups excluding tert-OH is 4. The highest BCUT2D eigenvalue weighted by Gasteiger charge is 2.53. The number of benzene rings is 2. The maximum atomic E-state index is 13.0. The number of carbonyl (C=O) groups is 1. The third-order valence-electron chi connectivity index (χ3n) is 7.91. The topological polar surface area (TPSA) is 235 Å². The van der Waals surface area contributed by atoms with Crippen molar-refractivity contribution in [1.29, 1.82) is 0 Å². The molecule has 1 amide bonds. The maximum absolute atomic E-state index is 13.0. The summed E-state index contributed by atoms with van der Waals surface area (Å²) in [7, 11) is -5.08. The van der Waals surface area contributed by atoms with Crippen LogP contribution in [-0.2, 0) is 35.0 Å². The third-order valence-corrected chi connectivity index (χ3v) is 8.58. The second kappa shape index (κ2) is 15.2. The van der Waals surface area contributed by atoms with Crippen LogP contribution in [0.4, 0.5) is 0 Å². The van der Waals surface area contributed by atoms with Crippen molar-refractivity contribution in [2.24, 2.45) is 5.16 Å². The molecule has 0 spiro atoms. The second-order valence-corrected chi connectivity index (χ2v) is 13.1. The Morgan fingerprint density at radius 1 is 1.04 bits per heavy atom. The highest BCUT2D eigenvalue weighted by atomic mass is 35.5. The van der Waals surface area contributed by atoms with Crippen LogP contribution in [0, 0.1) is 0 Å². The predicted octanol–water partition coefficient (Wildman–Crippen LogP) is 0.985. The Balaban J connectivity index is 1.25. The third kappa shape index (κ3) is 8.72. The number of nitrogens with zero attached hydrogens (tertiary/aromatic N) is 1. The molecule has 2 heterocycles. The summed E-state index contributed by atoms with van der Waals surface area (Å²) >= 11 is 5.98. The Bertz CT molecular complexity index is 1590. The normalized spacial score (nSPS) is 30.9. The molecule has 1 saturated carbocycles. The molecule has 48 heavy (non-hydrogen) atoms. The summed E-state index contributed by atoms with van der Waals surface area (Å²) in [5, 5.41) is 49.1. The minimum Gasteiger partial charge on any atom is -0.461 e. The van der Waals surface area contributed by atoms with Crippen molar-refractivity contribution < 1.29 is 67.9 Å². The average molecular weight is 715 g/mol. The predicted molar refractivity (Wildman–Crippen MR) is 167 cm³/mol. The number of phosphoric ester groups is 1. The lowest BCUT2D eigenvalue weighted by Crippen LogP contribution is -2.67. The number of carbonyl (C=O) groups excluding carboxylic acids is 1. The van der Waals surface area contributed by atoms with E-state index in [1.165, 1.54) is 31.2 Å². The molecule has 2 aromatic rings. The number of fused-ring (bicyclic) bond motifs is 1. The van der Waals surface area contributed by atoms with E-state index in [9.17, 15) is 39.6 Å². The molecular weight excluding hydrogens is 679 g/mol. The van der Waals surface area contributed by atoms with Crippen molar-refractivity contribution in [2.75, 3.05) is 6.79 Å². The van der Waals surface area contributed by atoms with Gasteiger partial charge in [0.15, 0.2) is 11.5 Å². The van der Waals surface area contributed by atoms with E-state index in [-0.39, 0.29) is 42.5 Å². The Morgan fingerprint density at radius 2 is 1.77 bits per heavy atom. The van der Waals surface area contributed by atoms with Crippen LogP contribution in [0.3, 0.4) is 0 Å². The van der Waals surface area contributed by atoms with Crippen molar-refractivity contribution in [1.82, 2.24) is 5.32 Å². The van der Waals surface area contributed by atoms with E-state index in [0.717, 1.165) is 5.56 Å². The van der Waals surface area contributed by atoms with Gasteiger partial charge >= 0.3 is 7.82 Å². The Hall–Kier alpha value is -3.12. The quantitative estimate of drug-likeness (QED) is 0.0744. The Morgan fingerprint density at radius 3 is 2.48 bits per heavy atom. The molecule has 9 atom stereocenters. The minimum absolute atomic E-state index is 0.0194. The first kappa shape index (κ1) is 36.2. The summed E-state index contributed by atoms with van der Waals surface area (Å²) in [6, 6.07) is 9.78. The number of aliphatic hydroxyl groups is 4. The molecule has 2 saturated heterocycles. The van der Waals surface area contributed by atoms with Gasteiger partial charge in [-0.25, -0.2) is 4.57 Å². The number of phosphoric acid groups is 1. The van der Waals surface area contributed by atoms with Gasteiger partial charge in [-0.05, 0) is 55.3 Å². The molecule has 3 aliphatic rings. The molecule has 1 aliphatic carbocycles. The lowest BCUT2D eigenvalue weighted by molar-refractivity contribution is -0.155. The highest BCUT2D eigenvalue weighted by molar-refractivity contribution is 7.46. The van der Waals surface area contributed by atoms with Crippen LogP contribution in [0.15, 0.2) is 53.2 Å².